The SMILES string of the molecule is Cc1ccc(S(=O)(=O)N2CCCC2C(=O)N2CCC(C(=O)O)C2)s1. The molecule has 7 nitrogen and oxygen atoms in total. The first kappa shape index (κ1) is 17.4. The first-order valence-corrected chi connectivity index (χ1v) is 10.2. The quantitative estimate of drug-likeness (QED) is 0.855. The van der Waals surface area contributed by atoms with Crippen molar-refractivity contribution < 1.29 is 23.1 Å². The molecule has 1 N–H and O–H groups in total. The lowest BCUT2D eigenvalue weighted by Crippen LogP contribution is -2.47. The summed E-state index contributed by atoms with van der Waals surface area (Å²) in [5.41, 5.74) is 0. The number of carboxylic acid groups (broad SMARTS) is 1. The molecule has 3 heterocycles. The van der Waals surface area contributed by atoms with Crippen LogP contribution in [0.1, 0.15) is 24.1 Å². The van der Waals surface area contributed by atoms with Gasteiger partial charge in [-0.15, -0.1) is 11.3 Å². The van der Waals surface area contributed by atoms with Crippen LogP contribution in [0.5, 0.6) is 0 Å². The summed E-state index contributed by atoms with van der Waals surface area (Å²) in [6.07, 6.45) is 1.54. The van der Waals surface area contributed by atoms with Gasteiger partial charge < -0.3 is 10.0 Å². The summed E-state index contributed by atoms with van der Waals surface area (Å²) in [6.45, 7) is 2.70. The highest BCUT2D eigenvalue weighted by Crippen LogP contribution is 2.31. The van der Waals surface area contributed by atoms with E-state index in [-0.39, 0.29) is 16.7 Å². The Labute approximate surface area is 144 Å². The Hall–Kier alpha value is -1.45. The molecule has 0 radical (unpaired) electrons. The number of likely N-dealkylation sites (tertiary alicyclic amines) is 1. The van der Waals surface area contributed by atoms with Crippen LogP contribution in [0.15, 0.2) is 16.3 Å². The minimum atomic E-state index is -3.68. The van der Waals surface area contributed by atoms with Crippen molar-refractivity contribution in [3.8, 4) is 0 Å². The molecule has 132 valence electrons. The monoisotopic (exact) mass is 372 g/mol. The highest BCUT2D eigenvalue weighted by molar-refractivity contribution is 7.91. The van der Waals surface area contributed by atoms with E-state index in [9.17, 15) is 18.0 Å². The minimum absolute atomic E-state index is 0.163. The number of carboxylic acids is 1. The maximum atomic E-state index is 12.8. The van der Waals surface area contributed by atoms with Gasteiger partial charge in [-0.25, -0.2) is 8.42 Å². The Kier molecular flexibility index (Phi) is 4.67. The van der Waals surface area contributed by atoms with Gasteiger partial charge in [-0.1, -0.05) is 0 Å². The molecule has 24 heavy (non-hydrogen) atoms. The zero-order valence-corrected chi connectivity index (χ0v) is 15.0. The first-order chi connectivity index (χ1) is 11.3. The largest absolute Gasteiger partial charge is 0.481 e. The van der Waals surface area contributed by atoms with Crippen molar-refractivity contribution in [3.05, 3.63) is 17.0 Å². The number of carbonyl (C=O) groups excluding carboxylic acids is 1. The summed E-state index contributed by atoms with van der Waals surface area (Å²) in [5.74, 6) is -1.73. The lowest BCUT2D eigenvalue weighted by atomic mass is 10.1. The van der Waals surface area contributed by atoms with Crippen LogP contribution < -0.4 is 0 Å². The van der Waals surface area contributed by atoms with Gasteiger partial charge in [0.2, 0.25) is 5.91 Å². The van der Waals surface area contributed by atoms with Crippen LogP contribution in [0.3, 0.4) is 0 Å². The molecule has 9 heteroatoms. The molecule has 2 aliphatic rings. The number of sulfonamides is 1. The van der Waals surface area contributed by atoms with Gasteiger partial charge in [0, 0.05) is 24.5 Å². The Morgan fingerprint density at radius 3 is 2.58 bits per heavy atom. The van der Waals surface area contributed by atoms with Crippen LogP contribution >= 0.6 is 11.3 Å². The molecule has 1 amide bonds. The summed E-state index contributed by atoms with van der Waals surface area (Å²) in [5, 5.41) is 9.07. The fourth-order valence-corrected chi connectivity index (χ4v) is 6.38. The van der Waals surface area contributed by atoms with Gasteiger partial charge in [-0.3, -0.25) is 9.59 Å². The molecule has 2 aliphatic heterocycles. The minimum Gasteiger partial charge on any atom is -0.481 e. The molecular formula is C15H20N2O5S2. The molecule has 2 unspecified atom stereocenters. The Morgan fingerprint density at radius 1 is 1.25 bits per heavy atom. The summed E-state index contributed by atoms with van der Waals surface area (Å²) in [4.78, 5) is 26.2. The second kappa shape index (κ2) is 6.45. The van der Waals surface area contributed by atoms with E-state index >= 15 is 0 Å². The highest BCUT2D eigenvalue weighted by Gasteiger charge is 2.43. The van der Waals surface area contributed by atoms with E-state index in [1.54, 1.807) is 12.1 Å². The fraction of sp³-hybridized carbons (Fsp3) is 0.600. The Bertz CT molecular complexity index is 758. The van der Waals surface area contributed by atoms with Gasteiger partial charge in [-0.05, 0) is 38.3 Å². The molecule has 2 fully saturated rings. The van der Waals surface area contributed by atoms with E-state index in [1.807, 2.05) is 6.92 Å². The Morgan fingerprint density at radius 2 is 2.00 bits per heavy atom. The van der Waals surface area contributed by atoms with Crippen molar-refractivity contribution in [2.24, 2.45) is 5.92 Å². The van der Waals surface area contributed by atoms with Crippen molar-refractivity contribution in [1.82, 2.24) is 9.21 Å². The third kappa shape index (κ3) is 3.07. The maximum Gasteiger partial charge on any atom is 0.308 e. The zero-order valence-electron chi connectivity index (χ0n) is 13.3. The van der Waals surface area contributed by atoms with E-state index in [2.05, 4.69) is 0 Å². The third-order valence-electron chi connectivity index (χ3n) is 4.62. The average Bonchev–Trinajstić information content (AvgIpc) is 3.26. The van der Waals surface area contributed by atoms with E-state index in [1.165, 1.54) is 20.5 Å². The predicted octanol–water partition coefficient (Wildman–Crippen LogP) is 1.14. The normalized spacial score (nSPS) is 25.3. The molecule has 1 aromatic rings. The zero-order chi connectivity index (χ0) is 17.5. The summed E-state index contributed by atoms with van der Waals surface area (Å²) < 4.78 is 27.2. The topological polar surface area (TPSA) is 95.0 Å². The average molecular weight is 372 g/mol. The molecule has 2 saturated heterocycles. The smallest absolute Gasteiger partial charge is 0.308 e. The molecule has 0 bridgehead atoms. The van der Waals surface area contributed by atoms with E-state index in [0.29, 0.717) is 32.4 Å². The number of carbonyl (C=O) groups is 2. The van der Waals surface area contributed by atoms with Crippen molar-refractivity contribution in [2.45, 2.75) is 36.4 Å². The number of aryl methyl sites for hydroxylation is 1. The van der Waals surface area contributed by atoms with Crippen molar-refractivity contribution >= 4 is 33.2 Å². The number of amides is 1. The summed E-state index contributed by atoms with van der Waals surface area (Å²) >= 11 is 1.20. The molecule has 0 spiro atoms. The predicted molar refractivity (Wildman–Crippen MR) is 88.3 cm³/mol. The number of rotatable bonds is 4. The number of aliphatic carboxylic acids is 1. The van der Waals surface area contributed by atoms with Gasteiger partial charge in [-0.2, -0.15) is 4.31 Å². The summed E-state index contributed by atoms with van der Waals surface area (Å²) in [7, 11) is -3.68. The molecule has 1 aromatic heterocycles. The lowest BCUT2D eigenvalue weighted by Gasteiger charge is -2.26. The van der Waals surface area contributed by atoms with Gasteiger partial charge in [0.1, 0.15) is 10.3 Å². The first-order valence-electron chi connectivity index (χ1n) is 7.90. The number of hydrogen-bond acceptors (Lipinski definition) is 5. The molecule has 2 atom stereocenters. The van der Waals surface area contributed by atoms with Gasteiger partial charge in [0.25, 0.3) is 10.0 Å². The van der Waals surface area contributed by atoms with Crippen LogP contribution in [-0.2, 0) is 19.6 Å². The van der Waals surface area contributed by atoms with Gasteiger partial charge in [0.05, 0.1) is 5.92 Å². The third-order valence-corrected chi connectivity index (χ3v) is 7.99. The van der Waals surface area contributed by atoms with Crippen LogP contribution in [0.2, 0.25) is 0 Å². The van der Waals surface area contributed by atoms with Crippen molar-refractivity contribution in [2.75, 3.05) is 19.6 Å². The van der Waals surface area contributed by atoms with Crippen LogP contribution in [0, 0.1) is 12.8 Å². The van der Waals surface area contributed by atoms with E-state index < -0.39 is 28.0 Å². The molecule has 0 saturated carbocycles. The molecule has 0 aromatic carbocycles. The molecular weight excluding hydrogens is 352 g/mol. The lowest BCUT2D eigenvalue weighted by molar-refractivity contribution is -0.141. The second-order valence-electron chi connectivity index (χ2n) is 6.25. The highest BCUT2D eigenvalue weighted by atomic mass is 32.2. The Balaban J connectivity index is 1.78. The van der Waals surface area contributed by atoms with Crippen molar-refractivity contribution in [3.63, 3.8) is 0 Å². The molecule has 0 aliphatic carbocycles. The van der Waals surface area contributed by atoms with Crippen molar-refractivity contribution in [1.29, 1.82) is 0 Å². The number of hydrogen-bond donors (Lipinski definition) is 1. The van der Waals surface area contributed by atoms with Gasteiger partial charge in [0.15, 0.2) is 0 Å². The summed E-state index contributed by atoms with van der Waals surface area (Å²) in [6, 6.07) is 2.61. The maximum absolute atomic E-state index is 12.8. The van der Waals surface area contributed by atoms with E-state index in [0.717, 1.165) is 4.88 Å². The number of thiophene rings is 1. The number of nitrogens with zero attached hydrogens (tertiary/aromatic N) is 2. The van der Waals surface area contributed by atoms with Gasteiger partial charge >= 0.3 is 5.97 Å². The molecule has 3 rings (SSSR count). The van der Waals surface area contributed by atoms with E-state index in [4.69, 9.17) is 5.11 Å². The van der Waals surface area contributed by atoms with Crippen LogP contribution in [0.25, 0.3) is 0 Å². The second-order valence-corrected chi connectivity index (χ2v) is 9.65. The standard InChI is InChI=1S/C15H20N2O5S2/c1-10-4-5-13(23-10)24(21,22)17-7-2-3-12(17)14(18)16-8-6-11(9-16)15(19)20/h4-5,11-12H,2-3,6-9H2,1H3,(H,19,20). The fourth-order valence-electron chi connectivity index (χ4n) is 3.31. The van der Waals surface area contributed by atoms with Crippen LogP contribution in [0.4, 0.5) is 0 Å². The van der Waals surface area contributed by atoms with Crippen LogP contribution in [-0.4, -0.2) is 60.3 Å².